The van der Waals surface area contributed by atoms with E-state index in [2.05, 4.69) is 43.2 Å². The number of hydrogen-bond donors (Lipinski definition) is 1. The molecule has 4 aromatic rings. The average molecular weight is 598 g/mol. The number of hydrogen-bond acceptors (Lipinski definition) is 8. The van der Waals surface area contributed by atoms with Gasteiger partial charge in [0.2, 0.25) is 10.0 Å². The van der Waals surface area contributed by atoms with Gasteiger partial charge < -0.3 is 14.7 Å². The number of sulfonamides is 1. The highest BCUT2D eigenvalue weighted by Crippen LogP contribution is 2.36. The summed E-state index contributed by atoms with van der Waals surface area (Å²) in [6.07, 6.45) is 7.12. The Bertz CT molecular complexity index is 1430. The van der Waals surface area contributed by atoms with Gasteiger partial charge in [0.25, 0.3) is 0 Å². The second-order valence-electron chi connectivity index (χ2n) is 8.24. The maximum absolute atomic E-state index is 12.0. The number of nitrogens with two attached hydrogens (primary N) is 1. The van der Waals surface area contributed by atoms with Gasteiger partial charge in [0.05, 0.1) is 12.5 Å². The van der Waals surface area contributed by atoms with E-state index in [0.29, 0.717) is 36.6 Å². The van der Waals surface area contributed by atoms with Gasteiger partial charge >= 0.3 is 0 Å². The number of piperidine rings is 1. The Kier molecular flexibility index (Phi) is 6.27. The summed E-state index contributed by atoms with van der Waals surface area (Å²) in [5.41, 5.74) is 8.19. The number of nitrogens with zero attached hydrogens (tertiary/aromatic N) is 5. The lowest BCUT2D eigenvalue weighted by atomic mass is 9.96. The minimum atomic E-state index is -3.17. The molecule has 0 spiro atoms. The number of aryl methyl sites for hydroxylation is 1. The predicted molar refractivity (Wildman–Crippen MR) is 137 cm³/mol. The van der Waals surface area contributed by atoms with E-state index in [1.807, 2.05) is 12.1 Å². The van der Waals surface area contributed by atoms with Gasteiger partial charge in [0.15, 0.2) is 22.1 Å². The maximum atomic E-state index is 12.0. The normalized spacial score (nSPS) is 17.8. The molecule has 1 aliphatic heterocycles. The van der Waals surface area contributed by atoms with E-state index < -0.39 is 10.0 Å². The van der Waals surface area contributed by atoms with Crippen molar-refractivity contribution in [3.8, 4) is 0 Å². The molecule has 1 saturated heterocycles. The van der Waals surface area contributed by atoms with E-state index in [0.717, 1.165) is 43.9 Å². The smallest absolute Gasteiger partial charge is 0.211 e. The minimum absolute atomic E-state index is 0.280. The van der Waals surface area contributed by atoms with Crippen LogP contribution in [0, 0.1) is 9.49 Å². The van der Waals surface area contributed by atoms with Crippen LogP contribution in [0.1, 0.15) is 19.3 Å². The second-order valence-corrected chi connectivity index (χ2v) is 12.4. The molecule has 1 atom stereocenters. The van der Waals surface area contributed by atoms with Gasteiger partial charge in [0.1, 0.15) is 11.9 Å². The zero-order valence-electron chi connectivity index (χ0n) is 17.9. The molecular weight excluding hydrogens is 575 g/mol. The molecule has 1 aromatic carbocycles. The summed E-state index contributed by atoms with van der Waals surface area (Å²) in [5, 5.41) is 1.83. The van der Waals surface area contributed by atoms with Crippen LogP contribution in [0.25, 0.3) is 22.1 Å². The van der Waals surface area contributed by atoms with Gasteiger partial charge in [-0.3, -0.25) is 0 Å². The standard InChI is InChI=1S/C21H23IN6O3S2/c1-33(29,30)27-6-2-3-13(11-27)4-7-28-20-18(19(23)24-12-25-20)26-21(28)32-17-10-16-14(5-8-31-16)9-15(17)22/h5,8-10,12-13H,2-4,6-7,11H2,1H3,(H2,23,24,25). The quantitative estimate of drug-likeness (QED) is 0.331. The van der Waals surface area contributed by atoms with Gasteiger partial charge in [-0.2, -0.15) is 0 Å². The van der Waals surface area contributed by atoms with Crippen LogP contribution in [0.3, 0.4) is 0 Å². The van der Waals surface area contributed by atoms with E-state index in [4.69, 9.17) is 15.1 Å². The lowest BCUT2D eigenvalue weighted by Gasteiger charge is -2.31. The maximum Gasteiger partial charge on any atom is 0.211 e. The predicted octanol–water partition coefficient (Wildman–Crippen LogP) is 3.97. The summed E-state index contributed by atoms with van der Waals surface area (Å²) in [7, 11) is -3.17. The zero-order valence-corrected chi connectivity index (χ0v) is 21.7. The number of benzene rings is 1. The number of rotatable bonds is 6. The Morgan fingerprint density at radius 1 is 1.33 bits per heavy atom. The van der Waals surface area contributed by atoms with Crippen LogP contribution in [-0.2, 0) is 16.6 Å². The number of imidazole rings is 1. The number of anilines is 1. The van der Waals surface area contributed by atoms with Gasteiger partial charge in [0, 0.05) is 33.5 Å². The molecule has 3 aromatic heterocycles. The number of fused-ring (bicyclic) bond motifs is 2. The first-order valence-corrected chi connectivity index (χ1v) is 14.3. The Morgan fingerprint density at radius 2 is 2.18 bits per heavy atom. The molecule has 33 heavy (non-hydrogen) atoms. The summed E-state index contributed by atoms with van der Waals surface area (Å²) < 4.78 is 34.4. The molecule has 1 fully saturated rings. The monoisotopic (exact) mass is 598 g/mol. The van der Waals surface area contributed by atoms with Gasteiger partial charge in [-0.05, 0) is 66.0 Å². The molecule has 0 aliphatic carbocycles. The van der Waals surface area contributed by atoms with E-state index in [1.54, 1.807) is 10.6 Å². The number of halogens is 1. The fourth-order valence-corrected chi connectivity index (χ4v) is 6.94. The number of furan rings is 1. The van der Waals surface area contributed by atoms with Crippen molar-refractivity contribution in [3.63, 3.8) is 0 Å². The lowest BCUT2D eigenvalue weighted by Crippen LogP contribution is -2.39. The molecule has 0 saturated carbocycles. The highest BCUT2D eigenvalue weighted by Gasteiger charge is 2.26. The fraction of sp³-hybridized carbons (Fsp3) is 0.381. The fourth-order valence-electron chi connectivity index (χ4n) is 4.23. The molecule has 2 N–H and O–H groups in total. The van der Waals surface area contributed by atoms with Crippen LogP contribution < -0.4 is 5.73 Å². The van der Waals surface area contributed by atoms with E-state index in [1.165, 1.54) is 24.3 Å². The summed E-state index contributed by atoms with van der Waals surface area (Å²) in [5.74, 6) is 0.625. The third-order valence-corrected chi connectivity index (χ3v) is 9.53. The number of aromatic nitrogens is 4. The largest absolute Gasteiger partial charge is 0.464 e. The van der Waals surface area contributed by atoms with Crippen LogP contribution in [0.15, 0.2) is 45.3 Å². The van der Waals surface area contributed by atoms with Crippen LogP contribution in [-0.4, -0.2) is 51.6 Å². The molecule has 0 radical (unpaired) electrons. The summed E-state index contributed by atoms with van der Waals surface area (Å²) in [6.45, 7) is 1.82. The topological polar surface area (TPSA) is 120 Å². The molecule has 9 nitrogen and oxygen atoms in total. The SMILES string of the molecule is CS(=O)(=O)N1CCCC(CCn2c(Sc3cc4occc4cc3I)nc3c(N)ncnc32)C1. The molecule has 1 unspecified atom stereocenters. The highest BCUT2D eigenvalue weighted by molar-refractivity contribution is 14.1. The van der Waals surface area contributed by atoms with E-state index >= 15 is 0 Å². The first kappa shape index (κ1) is 22.9. The van der Waals surface area contributed by atoms with Crippen molar-refractivity contribution in [2.75, 3.05) is 25.1 Å². The van der Waals surface area contributed by atoms with Crippen LogP contribution >= 0.6 is 34.4 Å². The molecule has 5 rings (SSSR count). The van der Waals surface area contributed by atoms with Crippen molar-refractivity contribution < 1.29 is 12.8 Å². The molecule has 174 valence electrons. The average Bonchev–Trinajstić information content (AvgIpc) is 3.37. The van der Waals surface area contributed by atoms with Crippen molar-refractivity contribution >= 4 is 72.3 Å². The zero-order chi connectivity index (χ0) is 23.2. The molecule has 12 heteroatoms. The molecule has 0 amide bonds. The Balaban J connectivity index is 1.45. The van der Waals surface area contributed by atoms with Crippen molar-refractivity contribution in [2.24, 2.45) is 5.92 Å². The van der Waals surface area contributed by atoms with E-state index in [9.17, 15) is 8.42 Å². The molecular formula is C21H23IN6O3S2. The molecule has 4 heterocycles. The third kappa shape index (κ3) is 4.70. The lowest BCUT2D eigenvalue weighted by molar-refractivity contribution is 0.249. The van der Waals surface area contributed by atoms with E-state index in [-0.39, 0.29) is 5.92 Å². The van der Waals surface area contributed by atoms with Crippen molar-refractivity contribution in [1.29, 1.82) is 0 Å². The summed E-state index contributed by atoms with van der Waals surface area (Å²) >= 11 is 3.86. The van der Waals surface area contributed by atoms with Crippen molar-refractivity contribution in [2.45, 2.75) is 35.9 Å². The molecule has 1 aliphatic rings. The van der Waals surface area contributed by atoms with Crippen LogP contribution in [0.2, 0.25) is 0 Å². The van der Waals surface area contributed by atoms with Gasteiger partial charge in [-0.25, -0.2) is 27.7 Å². The summed E-state index contributed by atoms with van der Waals surface area (Å²) in [4.78, 5) is 14.4. The van der Waals surface area contributed by atoms with Crippen LogP contribution in [0.5, 0.6) is 0 Å². The highest BCUT2D eigenvalue weighted by atomic mass is 127. The Labute approximate surface area is 209 Å². The van der Waals surface area contributed by atoms with Crippen molar-refractivity contribution in [3.05, 3.63) is 34.4 Å². The van der Waals surface area contributed by atoms with Gasteiger partial charge in [-0.15, -0.1) is 0 Å². The Morgan fingerprint density at radius 3 is 3.00 bits per heavy atom. The first-order chi connectivity index (χ1) is 15.8. The third-order valence-electron chi connectivity index (χ3n) is 5.95. The Hall–Kier alpha value is -1.90. The minimum Gasteiger partial charge on any atom is -0.464 e. The second kappa shape index (κ2) is 9.04. The van der Waals surface area contributed by atoms with Gasteiger partial charge in [-0.1, -0.05) is 11.8 Å². The van der Waals surface area contributed by atoms with Crippen molar-refractivity contribution in [1.82, 2.24) is 23.8 Å². The molecule has 0 bridgehead atoms. The van der Waals surface area contributed by atoms with Crippen LogP contribution in [0.4, 0.5) is 5.82 Å². The number of nitrogen functional groups attached to an aromatic ring is 1. The summed E-state index contributed by atoms with van der Waals surface area (Å²) in [6, 6.07) is 6.05. The first-order valence-electron chi connectivity index (χ1n) is 10.6.